The molecular weight excluding hydrogens is 218 g/mol. The van der Waals surface area contributed by atoms with Crippen molar-refractivity contribution < 1.29 is 19.8 Å². The molecule has 0 heterocycles. The molecule has 0 aliphatic rings. The fourth-order valence-corrected chi connectivity index (χ4v) is 1.23. The van der Waals surface area contributed by atoms with E-state index in [4.69, 9.17) is 15.9 Å². The van der Waals surface area contributed by atoms with Gasteiger partial charge < -0.3 is 15.9 Å². The van der Waals surface area contributed by atoms with Crippen molar-refractivity contribution in [3.05, 3.63) is 0 Å². The van der Waals surface area contributed by atoms with Gasteiger partial charge in [0.15, 0.2) is 0 Å². The second-order valence-corrected chi connectivity index (χ2v) is 3.28. The Bertz CT molecular complexity index is 178. The summed E-state index contributed by atoms with van der Waals surface area (Å²) in [6.45, 7) is 0. The maximum Gasteiger partial charge on any atom is 0.320 e. The zero-order chi connectivity index (χ0) is 9.56. The number of nitrogens with two attached hydrogens (primary N) is 1. The summed E-state index contributed by atoms with van der Waals surface area (Å²) in [5.41, 5.74) is 5.17. The van der Waals surface area contributed by atoms with Crippen LogP contribution in [-0.2, 0) is 9.59 Å². The van der Waals surface area contributed by atoms with Crippen LogP contribution in [0.25, 0.3) is 0 Å². The van der Waals surface area contributed by atoms with Gasteiger partial charge in [-0.2, -0.15) is 11.8 Å². The van der Waals surface area contributed by atoms with E-state index in [2.05, 4.69) is 0 Å². The van der Waals surface area contributed by atoms with Crippen molar-refractivity contribution in [3.63, 3.8) is 0 Å². The summed E-state index contributed by atoms with van der Waals surface area (Å²) in [5.74, 6) is -1.50. The average Bonchev–Trinajstić information content (AvgIpc) is 1.97. The van der Waals surface area contributed by atoms with Crippen LogP contribution in [0.4, 0.5) is 0 Å². The van der Waals surface area contributed by atoms with Gasteiger partial charge in [-0.1, -0.05) is 0 Å². The average molecular weight is 230 g/mol. The Balaban J connectivity index is 0. The van der Waals surface area contributed by atoms with Gasteiger partial charge in [0.05, 0.1) is 5.75 Å². The number of hydrogen-bond acceptors (Lipinski definition) is 4. The van der Waals surface area contributed by atoms with Gasteiger partial charge in [-0.25, -0.2) is 0 Å². The van der Waals surface area contributed by atoms with Crippen molar-refractivity contribution in [2.45, 2.75) is 12.5 Å². The lowest BCUT2D eigenvalue weighted by Gasteiger charge is -2.03. The summed E-state index contributed by atoms with van der Waals surface area (Å²) in [7, 11) is 0. The number of aliphatic carboxylic acids is 2. The summed E-state index contributed by atoms with van der Waals surface area (Å²) >= 11 is 1.16. The highest BCUT2D eigenvalue weighted by Crippen LogP contribution is 2.03. The van der Waals surface area contributed by atoms with Crippen LogP contribution >= 0.6 is 24.2 Å². The van der Waals surface area contributed by atoms with Gasteiger partial charge in [0.25, 0.3) is 0 Å². The Labute approximate surface area is 86.1 Å². The largest absolute Gasteiger partial charge is 0.481 e. The Hall–Kier alpha value is -0.460. The highest BCUT2D eigenvalue weighted by atomic mass is 35.5. The number of rotatable bonds is 6. The van der Waals surface area contributed by atoms with E-state index >= 15 is 0 Å². The Kier molecular flexibility index (Phi) is 9.43. The summed E-state index contributed by atoms with van der Waals surface area (Å²) in [6, 6.07) is -0.883. The molecule has 1 atom stereocenters. The van der Waals surface area contributed by atoms with Crippen LogP contribution in [0.15, 0.2) is 0 Å². The van der Waals surface area contributed by atoms with Crippen LogP contribution in [0.1, 0.15) is 6.42 Å². The quantitative estimate of drug-likeness (QED) is 0.556. The van der Waals surface area contributed by atoms with E-state index in [1.807, 2.05) is 0 Å². The third kappa shape index (κ3) is 9.45. The maximum atomic E-state index is 10.2. The van der Waals surface area contributed by atoms with Crippen molar-refractivity contribution in [3.8, 4) is 0 Å². The summed E-state index contributed by atoms with van der Waals surface area (Å²) in [5, 5.41) is 16.6. The number of carbonyl (C=O) groups is 2. The number of halogens is 1. The SMILES string of the molecule is Cl.NC(CCSCC(=O)O)C(=O)O. The molecule has 78 valence electrons. The number of thioether (sulfide) groups is 1. The first-order valence-electron chi connectivity index (χ1n) is 3.32. The monoisotopic (exact) mass is 229 g/mol. The van der Waals surface area contributed by atoms with Crippen LogP contribution in [0.2, 0.25) is 0 Å². The van der Waals surface area contributed by atoms with Gasteiger partial charge >= 0.3 is 11.9 Å². The third-order valence-electron chi connectivity index (χ3n) is 1.12. The maximum absolute atomic E-state index is 10.2. The normalized spacial score (nSPS) is 11.5. The van der Waals surface area contributed by atoms with Gasteiger partial charge in [-0.15, -0.1) is 12.4 Å². The van der Waals surface area contributed by atoms with Gasteiger partial charge in [0.2, 0.25) is 0 Å². The molecule has 0 aliphatic carbocycles. The number of carboxylic acids is 2. The van der Waals surface area contributed by atoms with E-state index in [0.717, 1.165) is 11.8 Å². The summed E-state index contributed by atoms with van der Waals surface area (Å²) in [6.07, 6.45) is 0.299. The zero-order valence-corrected chi connectivity index (χ0v) is 8.44. The second-order valence-electron chi connectivity index (χ2n) is 2.18. The van der Waals surface area contributed by atoms with E-state index in [1.165, 1.54) is 0 Å². The highest BCUT2D eigenvalue weighted by molar-refractivity contribution is 7.99. The van der Waals surface area contributed by atoms with Crippen molar-refractivity contribution in [1.29, 1.82) is 0 Å². The van der Waals surface area contributed by atoms with Crippen LogP contribution in [0.5, 0.6) is 0 Å². The molecule has 5 nitrogen and oxygen atoms in total. The lowest BCUT2D eigenvalue weighted by Crippen LogP contribution is -2.30. The van der Waals surface area contributed by atoms with E-state index in [0.29, 0.717) is 12.2 Å². The first kappa shape index (κ1) is 15.0. The third-order valence-corrected chi connectivity index (χ3v) is 2.09. The molecule has 0 aliphatic heterocycles. The summed E-state index contributed by atoms with van der Waals surface area (Å²) in [4.78, 5) is 20.2. The Morgan fingerprint density at radius 2 is 1.92 bits per heavy atom. The molecule has 0 saturated heterocycles. The molecule has 0 saturated carbocycles. The van der Waals surface area contributed by atoms with Crippen LogP contribution in [0.3, 0.4) is 0 Å². The standard InChI is InChI=1S/C6H11NO4S.ClH/c7-4(6(10)11)1-2-12-3-5(8)9;/h4H,1-3,7H2,(H,8,9)(H,10,11);1H. The van der Waals surface area contributed by atoms with Gasteiger partial charge in [0.1, 0.15) is 6.04 Å². The Morgan fingerprint density at radius 3 is 2.31 bits per heavy atom. The zero-order valence-electron chi connectivity index (χ0n) is 6.80. The Morgan fingerprint density at radius 1 is 1.38 bits per heavy atom. The molecule has 0 aromatic carbocycles. The molecule has 0 aromatic rings. The van der Waals surface area contributed by atoms with E-state index in [-0.39, 0.29) is 18.2 Å². The van der Waals surface area contributed by atoms with E-state index in [9.17, 15) is 9.59 Å². The minimum atomic E-state index is -1.05. The van der Waals surface area contributed by atoms with Crippen LogP contribution in [-0.4, -0.2) is 39.7 Å². The first-order chi connectivity index (χ1) is 5.54. The predicted molar refractivity (Wildman–Crippen MR) is 52.4 cm³/mol. The lowest BCUT2D eigenvalue weighted by atomic mass is 10.2. The second kappa shape index (κ2) is 8.15. The number of hydrogen-bond donors (Lipinski definition) is 3. The van der Waals surface area contributed by atoms with E-state index in [1.54, 1.807) is 0 Å². The lowest BCUT2D eigenvalue weighted by molar-refractivity contribution is -0.138. The van der Waals surface area contributed by atoms with Crippen LogP contribution in [0, 0.1) is 0 Å². The fourth-order valence-electron chi connectivity index (χ4n) is 0.493. The van der Waals surface area contributed by atoms with E-state index < -0.39 is 18.0 Å². The van der Waals surface area contributed by atoms with Crippen molar-refractivity contribution in [2.75, 3.05) is 11.5 Å². The fraction of sp³-hybridized carbons (Fsp3) is 0.667. The van der Waals surface area contributed by atoms with Gasteiger partial charge in [0, 0.05) is 0 Å². The molecule has 0 aromatic heterocycles. The van der Waals surface area contributed by atoms with Gasteiger partial charge in [-0.3, -0.25) is 9.59 Å². The molecule has 0 rings (SSSR count). The molecule has 0 fully saturated rings. The summed E-state index contributed by atoms with van der Waals surface area (Å²) < 4.78 is 0. The molecule has 13 heavy (non-hydrogen) atoms. The molecule has 1 unspecified atom stereocenters. The molecular formula is C6H12ClNO4S. The van der Waals surface area contributed by atoms with Crippen molar-refractivity contribution in [1.82, 2.24) is 0 Å². The molecule has 4 N–H and O–H groups in total. The molecule has 0 amide bonds. The minimum Gasteiger partial charge on any atom is -0.481 e. The topological polar surface area (TPSA) is 101 Å². The number of carboxylic acid groups (broad SMARTS) is 2. The van der Waals surface area contributed by atoms with Crippen molar-refractivity contribution >= 4 is 36.1 Å². The predicted octanol–water partition coefficient (Wildman–Crippen LogP) is 0.0280. The molecule has 0 spiro atoms. The molecule has 0 radical (unpaired) electrons. The van der Waals surface area contributed by atoms with Crippen molar-refractivity contribution in [2.24, 2.45) is 5.73 Å². The molecule has 7 heteroatoms. The molecule has 0 bridgehead atoms. The van der Waals surface area contributed by atoms with Crippen LogP contribution < -0.4 is 5.73 Å². The smallest absolute Gasteiger partial charge is 0.320 e. The van der Waals surface area contributed by atoms with Gasteiger partial charge in [-0.05, 0) is 12.2 Å². The first-order valence-corrected chi connectivity index (χ1v) is 4.47. The minimum absolute atomic E-state index is 0. The highest BCUT2D eigenvalue weighted by Gasteiger charge is 2.10.